The van der Waals surface area contributed by atoms with Gasteiger partial charge in [0.25, 0.3) is 0 Å². The van der Waals surface area contributed by atoms with Gasteiger partial charge in [0.2, 0.25) is 0 Å². The summed E-state index contributed by atoms with van der Waals surface area (Å²) >= 11 is 0. The summed E-state index contributed by atoms with van der Waals surface area (Å²) in [6.45, 7) is 1.84. The van der Waals surface area contributed by atoms with Crippen molar-refractivity contribution >= 4 is 11.5 Å². The minimum absolute atomic E-state index is 0.499. The molecule has 0 atom stereocenters. The van der Waals surface area contributed by atoms with Crippen molar-refractivity contribution in [2.45, 2.75) is 13.0 Å². The molecule has 86 valence electrons. The second-order valence-corrected chi connectivity index (χ2v) is 4.25. The van der Waals surface area contributed by atoms with Gasteiger partial charge in [-0.15, -0.1) is 5.10 Å². The van der Waals surface area contributed by atoms with Crippen LogP contribution in [0.5, 0.6) is 0 Å². The van der Waals surface area contributed by atoms with E-state index in [1.807, 2.05) is 12.1 Å². The summed E-state index contributed by atoms with van der Waals surface area (Å²) in [4.78, 5) is 2.34. The summed E-state index contributed by atoms with van der Waals surface area (Å²) < 4.78 is 0. The fraction of sp³-hybridized carbons (Fsp3) is 0.231. The molecule has 0 aliphatic carbocycles. The molecule has 3 rings (SSSR count). The Balaban J connectivity index is 1.90. The third kappa shape index (κ3) is 1.93. The summed E-state index contributed by atoms with van der Waals surface area (Å²) in [6.07, 6.45) is 0.928. The van der Waals surface area contributed by atoms with Gasteiger partial charge in [-0.3, -0.25) is 0 Å². The van der Waals surface area contributed by atoms with Crippen LogP contribution in [0.4, 0.5) is 11.5 Å². The predicted octanol–water partition coefficient (Wildman–Crippen LogP) is 1.62. The van der Waals surface area contributed by atoms with Crippen molar-refractivity contribution < 1.29 is 0 Å². The van der Waals surface area contributed by atoms with Gasteiger partial charge in [-0.05, 0) is 23.8 Å². The Morgan fingerprint density at radius 1 is 1.12 bits per heavy atom. The molecule has 2 N–H and O–H groups in total. The first-order valence-corrected chi connectivity index (χ1v) is 5.74. The maximum Gasteiger partial charge on any atom is 0.146 e. The van der Waals surface area contributed by atoms with E-state index in [0.717, 1.165) is 25.2 Å². The Bertz CT molecular complexity index is 524. The number of aromatic nitrogens is 2. The van der Waals surface area contributed by atoms with E-state index < -0.39 is 0 Å². The maximum atomic E-state index is 5.67. The largest absolute Gasteiger partial charge is 0.382 e. The number of para-hydroxylation sites is 1. The summed E-state index contributed by atoms with van der Waals surface area (Å²) in [5.41, 5.74) is 9.18. The van der Waals surface area contributed by atoms with Crippen molar-refractivity contribution in [1.29, 1.82) is 0 Å². The third-order valence-corrected chi connectivity index (χ3v) is 3.08. The molecule has 0 spiro atoms. The highest BCUT2D eigenvalue weighted by Crippen LogP contribution is 2.23. The van der Waals surface area contributed by atoms with Crippen LogP contribution < -0.4 is 10.6 Å². The van der Waals surface area contributed by atoms with Crippen LogP contribution in [0.1, 0.15) is 11.3 Å². The van der Waals surface area contributed by atoms with Crippen LogP contribution in [0.3, 0.4) is 0 Å². The molecular weight excluding hydrogens is 212 g/mol. The Morgan fingerprint density at radius 3 is 2.76 bits per heavy atom. The molecular formula is C13H14N4. The lowest BCUT2D eigenvalue weighted by Crippen LogP contribution is -2.31. The van der Waals surface area contributed by atoms with Gasteiger partial charge in [0.1, 0.15) is 5.82 Å². The van der Waals surface area contributed by atoms with E-state index in [0.29, 0.717) is 5.82 Å². The predicted molar refractivity (Wildman–Crippen MR) is 67.6 cm³/mol. The molecule has 0 bridgehead atoms. The van der Waals surface area contributed by atoms with Crippen LogP contribution in [0.2, 0.25) is 0 Å². The van der Waals surface area contributed by atoms with E-state index in [1.165, 1.54) is 11.3 Å². The zero-order chi connectivity index (χ0) is 11.7. The molecule has 1 aliphatic rings. The molecule has 2 aromatic rings. The first kappa shape index (κ1) is 10.1. The fourth-order valence-electron chi connectivity index (χ4n) is 2.21. The monoisotopic (exact) mass is 226 g/mol. The van der Waals surface area contributed by atoms with Gasteiger partial charge in [-0.1, -0.05) is 18.2 Å². The minimum Gasteiger partial charge on any atom is -0.382 e. The molecule has 17 heavy (non-hydrogen) atoms. The lowest BCUT2D eigenvalue weighted by Gasteiger charge is -2.29. The van der Waals surface area contributed by atoms with E-state index in [4.69, 9.17) is 5.73 Å². The van der Waals surface area contributed by atoms with Crippen LogP contribution in [-0.2, 0) is 13.0 Å². The zero-order valence-electron chi connectivity index (χ0n) is 9.50. The molecule has 1 aromatic carbocycles. The number of nitrogen functional groups attached to an aromatic ring is 1. The van der Waals surface area contributed by atoms with E-state index in [9.17, 15) is 0 Å². The lowest BCUT2D eigenvalue weighted by atomic mass is 10.1. The Kier molecular flexibility index (Phi) is 2.40. The van der Waals surface area contributed by atoms with Crippen molar-refractivity contribution in [3.63, 3.8) is 0 Å². The van der Waals surface area contributed by atoms with Gasteiger partial charge in [-0.2, -0.15) is 5.10 Å². The van der Waals surface area contributed by atoms with Crippen molar-refractivity contribution in [1.82, 2.24) is 10.2 Å². The highest BCUT2D eigenvalue weighted by Gasteiger charge is 2.18. The normalized spacial score (nSPS) is 14.5. The average molecular weight is 226 g/mol. The molecule has 2 heterocycles. The van der Waals surface area contributed by atoms with Crippen LogP contribution in [-0.4, -0.2) is 16.7 Å². The number of benzene rings is 1. The minimum atomic E-state index is 0.499. The number of nitrogens with two attached hydrogens (primary N) is 1. The van der Waals surface area contributed by atoms with Crippen LogP contribution >= 0.6 is 0 Å². The van der Waals surface area contributed by atoms with Gasteiger partial charge in [0, 0.05) is 25.2 Å². The van der Waals surface area contributed by atoms with Gasteiger partial charge in [-0.25, -0.2) is 0 Å². The average Bonchev–Trinajstić information content (AvgIpc) is 2.39. The van der Waals surface area contributed by atoms with E-state index >= 15 is 0 Å². The summed E-state index contributed by atoms with van der Waals surface area (Å²) in [6, 6.07) is 12.3. The molecule has 0 saturated heterocycles. The molecule has 0 amide bonds. The van der Waals surface area contributed by atoms with Gasteiger partial charge >= 0.3 is 0 Å². The summed E-state index contributed by atoms with van der Waals surface area (Å²) in [5.74, 6) is 0.499. The van der Waals surface area contributed by atoms with Crippen LogP contribution in [0.25, 0.3) is 0 Å². The summed E-state index contributed by atoms with van der Waals surface area (Å²) in [5, 5.41) is 8.04. The highest BCUT2D eigenvalue weighted by atomic mass is 15.2. The van der Waals surface area contributed by atoms with Crippen molar-refractivity contribution in [3.8, 4) is 0 Å². The van der Waals surface area contributed by atoms with Crippen LogP contribution in [0.15, 0.2) is 36.4 Å². The van der Waals surface area contributed by atoms with Gasteiger partial charge in [0.05, 0.1) is 5.69 Å². The second-order valence-electron chi connectivity index (χ2n) is 4.25. The molecule has 1 aromatic heterocycles. The molecule has 0 unspecified atom stereocenters. The number of fused-ring (bicyclic) bond motifs is 1. The summed E-state index contributed by atoms with van der Waals surface area (Å²) in [7, 11) is 0. The molecule has 1 aliphatic heterocycles. The molecule has 4 nitrogen and oxygen atoms in total. The Hall–Kier alpha value is -2.10. The quantitative estimate of drug-likeness (QED) is 0.802. The fourth-order valence-corrected chi connectivity index (χ4v) is 2.21. The number of rotatable bonds is 1. The number of hydrogen-bond acceptors (Lipinski definition) is 4. The number of nitrogens with zero attached hydrogens (tertiary/aromatic N) is 3. The topological polar surface area (TPSA) is 55.0 Å². The smallest absolute Gasteiger partial charge is 0.146 e. The van der Waals surface area contributed by atoms with Crippen LogP contribution in [0, 0.1) is 0 Å². The first-order valence-electron chi connectivity index (χ1n) is 5.74. The standard InChI is InChI=1S/C13H14N4/c14-13-8-10-9-17(7-6-12(10)15-16-13)11-4-2-1-3-5-11/h1-5,8H,6-7,9H2,(H2,14,16). The SMILES string of the molecule is Nc1cc2c(nn1)CCN(c1ccccc1)C2. The van der Waals surface area contributed by atoms with E-state index in [-0.39, 0.29) is 0 Å². The lowest BCUT2D eigenvalue weighted by molar-refractivity contribution is 0.697. The first-order chi connectivity index (χ1) is 8.33. The van der Waals surface area contributed by atoms with E-state index in [1.54, 1.807) is 0 Å². The van der Waals surface area contributed by atoms with Crippen molar-refractivity contribution in [2.75, 3.05) is 17.2 Å². The molecule has 0 radical (unpaired) electrons. The number of hydrogen-bond donors (Lipinski definition) is 1. The second kappa shape index (κ2) is 4.05. The van der Waals surface area contributed by atoms with Crippen molar-refractivity contribution in [3.05, 3.63) is 47.7 Å². The van der Waals surface area contributed by atoms with Crippen molar-refractivity contribution in [2.24, 2.45) is 0 Å². The van der Waals surface area contributed by atoms with Gasteiger partial charge < -0.3 is 10.6 Å². The molecule has 4 heteroatoms. The number of anilines is 2. The zero-order valence-corrected chi connectivity index (χ0v) is 9.50. The van der Waals surface area contributed by atoms with Gasteiger partial charge in [0.15, 0.2) is 0 Å². The van der Waals surface area contributed by atoms with E-state index in [2.05, 4.69) is 39.4 Å². The highest BCUT2D eigenvalue weighted by molar-refractivity contribution is 5.49. The molecule has 0 fully saturated rings. The maximum absolute atomic E-state index is 5.67. The molecule has 0 saturated carbocycles. The third-order valence-electron chi connectivity index (χ3n) is 3.08. The Morgan fingerprint density at radius 2 is 1.94 bits per heavy atom. The Labute approximate surface area is 100 Å².